The van der Waals surface area contributed by atoms with Crippen LogP contribution >= 0.6 is 0 Å². The lowest BCUT2D eigenvalue weighted by Crippen LogP contribution is -2.42. The number of nitrogen functional groups attached to an aromatic ring is 1. The number of nitrogens with zero attached hydrogens (tertiary/aromatic N) is 5. The molecule has 0 saturated carbocycles. The van der Waals surface area contributed by atoms with Crippen molar-refractivity contribution in [1.29, 1.82) is 0 Å². The smallest absolute Gasteiger partial charge is 0.372 e. The number of nitrogens with one attached hydrogen (secondary N) is 1. The minimum atomic E-state index is -4.70. The summed E-state index contributed by atoms with van der Waals surface area (Å²) >= 11 is 0. The molecule has 3 rings (SSSR count). The van der Waals surface area contributed by atoms with Crippen LogP contribution in [-0.4, -0.2) is 57.5 Å². The van der Waals surface area contributed by atoms with Crippen LogP contribution in [0, 0.1) is 6.92 Å². The first kappa shape index (κ1) is 20.3. The van der Waals surface area contributed by atoms with Gasteiger partial charge in [-0.3, -0.25) is 4.68 Å². The maximum absolute atomic E-state index is 14.6. The van der Waals surface area contributed by atoms with Crippen molar-refractivity contribution in [1.82, 2.24) is 24.6 Å². The quantitative estimate of drug-likeness (QED) is 0.767. The molecule has 28 heavy (non-hydrogen) atoms. The SMILES string of the molecule is CCN1CCC(n2cc(-c3nc(N)nc(NC)c3C(F)(F)F)c(C)n2)C(F)C1. The van der Waals surface area contributed by atoms with Crippen LogP contribution in [0.15, 0.2) is 6.20 Å². The Morgan fingerprint density at radius 1 is 1.32 bits per heavy atom. The van der Waals surface area contributed by atoms with Gasteiger partial charge in [0.2, 0.25) is 5.95 Å². The van der Waals surface area contributed by atoms with Gasteiger partial charge in [0.15, 0.2) is 0 Å². The van der Waals surface area contributed by atoms with E-state index in [9.17, 15) is 17.6 Å². The Morgan fingerprint density at radius 3 is 2.61 bits per heavy atom. The summed E-state index contributed by atoms with van der Waals surface area (Å²) in [5.41, 5.74) is 4.70. The van der Waals surface area contributed by atoms with Gasteiger partial charge < -0.3 is 16.0 Å². The summed E-state index contributed by atoms with van der Waals surface area (Å²) in [5.74, 6) is -0.708. The predicted molar refractivity (Wildman–Crippen MR) is 97.6 cm³/mol. The van der Waals surface area contributed by atoms with E-state index in [1.807, 2.05) is 11.8 Å². The summed E-state index contributed by atoms with van der Waals surface area (Å²) in [6, 6.07) is -0.535. The number of likely N-dealkylation sites (tertiary alicyclic amines) is 1. The first-order valence-electron chi connectivity index (χ1n) is 9.00. The molecule has 3 N–H and O–H groups in total. The van der Waals surface area contributed by atoms with Crippen molar-refractivity contribution < 1.29 is 17.6 Å². The molecule has 2 atom stereocenters. The van der Waals surface area contributed by atoms with Crippen LogP contribution in [0.25, 0.3) is 11.3 Å². The molecule has 3 heterocycles. The summed E-state index contributed by atoms with van der Waals surface area (Å²) in [6.07, 6.45) is -3.92. The third-order valence-corrected chi connectivity index (χ3v) is 5.00. The number of aryl methyl sites for hydroxylation is 1. The zero-order valence-electron chi connectivity index (χ0n) is 15.9. The predicted octanol–water partition coefficient (Wildman–Crippen LogP) is 2.90. The number of halogens is 4. The average molecular weight is 401 g/mol. The van der Waals surface area contributed by atoms with Crippen molar-refractivity contribution in [3.63, 3.8) is 0 Å². The van der Waals surface area contributed by atoms with Gasteiger partial charge in [-0.05, 0) is 19.9 Å². The lowest BCUT2D eigenvalue weighted by atomic mass is 10.0. The van der Waals surface area contributed by atoms with E-state index in [2.05, 4.69) is 20.4 Å². The van der Waals surface area contributed by atoms with Crippen molar-refractivity contribution in [2.45, 2.75) is 38.7 Å². The van der Waals surface area contributed by atoms with Crippen LogP contribution in [-0.2, 0) is 6.18 Å². The molecule has 0 aliphatic carbocycles. The highest BCUT2D eigenvalue weighted by molar-refractivity contribution is 5.72. The number of aromatic nitrogens is 4. The van der Waals surface area contributed by atoms with E-state index in [0.717, 1.165) is 6.54 Å². The summed E-state index contributed by atoms with van der Waals surface area (Å²) < 4.78 is 57.1. The van der Waals surface area contributed by atoms with Gasteiger partial charge in [-0.1, -0.05) is 6.92 Å². The van der Waals surface area contributed by atoms with Crippen LogP contribution in [0.3, 0.4) is 0 Å². The molecular weight excluding hydrogens is 378 g/mol. The fourth-order valence-electron chi connectivity index (χ4n) is 3.55. The minimum Gasteiger partial charge on any atom is -0.372 e. The zero-order valence-corrected chi connectivity index (χ0v) is 15.9. The van der Waals surface area contributed by atoms with E-state index >= 15 is 0 Å². The number of hydrogen-bond donors (Lipinski definition) is 2. The van der Waals surface area contributed by atoms with Crippen LogP contribution in [0.1, 0.15) is 30.6 Å². The molecule has 0 bridgehead atoms. The highest BCUT2D eigenvalue weighted by Gasteiger charge is 2.40. The summed E-state index contributed by atoms with van der Waals surface area (Å²) in [5, 5.41) is 6.71. The zero-order chi connectivity index (χ0) is 20.6. The monoisotopic (exact) mass is 401 g/mol. The molecule has 0 spiro atoms. The Hall–Kier alpha value is -2.43. The Balaban J connectivity index is 2.06. The molecule has 0 radical (unpaired) electrons. The first-order chi connectivity index (χ1) is 13.2. The third-order valence-electron chi connectivity index (χ3n) is 5.00. The molecule has 2 aromatic heterocycles. The number of anilines is 2. The van der Waals surface area contributed by atoms with E-state index in [1.165, 1.54) is 17.9 Å². The van der Waals surface area contributed by atoms with Crippen molar-refractivity contribution in [2.75, 3.05) is 37.7 Å². The second-order valence-corrected chi connectivity index (χ2v) is 6.78. The number of piperidine rings is 1. The lowest BCUT2D eigenvalue weighted by Gasteiger charge is -2.34. The standard InChI is InChI=1S/C17H23F4N7/c1-4-27-6-5-12(11(18)8-27)28-7-10(9(2)26-28)14-13(17(19,20)21)15(23-3)25-16(22)24-14/h7,11-12H,4-6,8H2,1-3H3,(H3,22,23,24,25). The van der Waals surface area contributed by atoms with E-state index < -0.39 is 29.8 Å². The number of rotatable bonds is 4. The minimum absolute atomic E-state index is 0.156. The Bertz CT molecular complexity index is 849. The van der Waals surface area contributed by atoms with Crippen LogP contribution in [0.4, 0.5) is 29.3 Å². The first-order valence-corrected chi connectivity index (χ1v) is 9.00. The molecule has 1 aliphatic rings. The Labute approximate surface area is 159 Å². The molecule has 1 aliphatic heterocycles. The number of hydrogen-bond acceptors (Lipinski definition) is 6. The van der Waals surface area contributed by atoms with Crippen LogP contribution < -0.4 is 11.1 Å². The van der Waals surface area contributed by atoms with Crippen molar-refractivity contribution >= 4 is 11.8 Å². The Kier molecular flexibility index (Phi) is 5.46. The van der Waals surface area contributed by atoms with E-state index in [-0.39, 0.29) is 23.8 Å². The van der Waals surface area contributed by atoms with Crippen LogP contribution in [0.5, 0.6) is 0 Å². The van der Waals surface area contributed by atoms with Gasteiger partial charge in [0.25, 0.3) is 0 Å². The van der Waals surface area contributed by atoms with Gasteiger partial charge in [-0.15, -0.1) is 0 Å². The lowest BCUT2D eigenvalue weighted by molar-refractivity contribution is -0.136. The van der Waals surface area contributed by atoms with Crippen molar-refractivity contribution in [3.05, 3.63) is 17.5 Å². The van der Waals surface area contributed by atoms with E-state index in [1.54, 1.807) is 6.92 Å². The van der Waals surface area contributed by atoms with Gasteiger partial charge in [0.05, 0.1) is 17.4 Å². The average Bonchev–Trinajstić information content (AvgIpc) is 3.00. The highest BCUT2D eigenvalue weighted by Crippen LogP contribution is 2.41. The molecule has 154 valence electrons. The van der Waals surface area contributed by atoms with Crippen molar-refractivity contribution in [3.8, 4) is 11.3 Å². The fraction of sp³-hybridized carbons (Fsp3) is 0.588. The van der Waals surface area contributed by atoms with Gasteiger partial charge in [0, 0.05) is 31.9 Å². The molecular formula is C17H23F4N7. The van der Waals surface area contributed by atoms with Crippen LogP contribution in [0.2, 0.25) is 0 Å². The Morgan fingerprint density at radius 2 is 2.04 bits per heavy atom. The summed E-state index contributed by atoms with van der Waals surface area (Å²) in [6.45, 7) is 5.25. The third kappa shape index (κ3) is 3.75. The molecule has 2 aromatic rings. The maximum atomic E-state index is 14.6. The second kappa shape index (κ2) is 7.53. The molecule has 1 saturated heterocycles. The van der Waals surface area contributed by atoms with Crippen molar-refractivity contribution in [2.24, 2.45) is 0 Å². The summed E-state index contributed by atoms with van der Waals surface area (Å²) in [7, 11) is 1.33. The maximum Gasteiger partial charge on any atom is 0.422 e. The van der Waals surface area contributed by atoms with Gasteiger partial charge in [-0.2, -0.15) is 23.3 Å². The van der Waals surface area contributed by atoms with Gasteiger partial charge in [0.1, 0.15) is 17.6 Å². The molecule has 7 nitrogen and oxygen atoms in total. The largest absolute Gasteiger partial charge is 0.422 e. The molecule has 0 aromatic carbocycles. The normalized spacial score (nSPS) is 21.1. The highest BCUT2D eigenvalue weighted by atomic mass is 19.4. The number of nitrogens with two attached hydrogens (primary N) is 1. The molecule has 11 heteroatoms. The topological polar surface area (TPSA) is 84.9 Å². The second-order valence-electron chi connectivity index (χ2n) is 6.78. The van der Waals surface area contributed by atoms with Gasteiger partial charge >= 0.3 is 6.18 Å². The molecule has 1 fully saturated rings. The van der Waals surface area contributed by atoms with Gasteiger partial charge in [-0.25, -0.2) is 9.37 Å². The summed E-state index contributed by atoms with van der Waals surface area (Å²) in [4.78, 5) is 9.47. The molecule has 2 unspecified atom stereocenters. The van der Waals surface area contributed by atoms with E-state index in [4.69, 9.17) is 5.73 Å². The molecule has 0 amide bonds. The van der Waals surface area contributed by atoms with E-state index in [0.29, 0.717) is 18.7 Å². The number of alkyl halides is 4. The fourth-order valence-corrected chi connectivity index (χ4v) is 3.55.